The van der Waals surface area contributed by atoms with Crippen molar-refractivity contribution in [2.45, 2.75) is 37.4 Å². The maximum Gasteiger partial charge on any atom is 0.252 e. The third-order valence-electron chi connectivity index (χ3n) is 4.48. The minimum absolute atomic E-state index is 0.354. The fraction of sp³-hybridized carbons (Fsp3) is 0.429. The molecule has 0 aromatic carbocycles. The van der Waals surface area contributed by atoms with Gasteiger partial charge in [-0.1, -0.05) is 0 Å². The Labute approximate surface area is 116 Å². The number of primary amides is 1. The number of carbonyl (C=O) groups is 1. The van der Waals surface area contributed by atoms with Crippen molar-refractivity contribution in [1.29, 1.82) is 0 Å². The van der Waals surface area contributed by atoms with E-state index in [0.29, 0.717) is 23.7 Å². The molecule has 0 saturated carbocycles. The average Bonchev–Trinajstić information content (AvgIpc) is 3.14. The van der Waals surface area contributed by atoms with E-state index in [2.05, 4.69) is 20.6 Å². The second-order valence-corrected chi connectivity index (χ2v) is 5.69. The third kappa shape index (κ3) is 1.68. The number of anilines is 1. The smallest absolute Gasteiger partial charge is 0.252 e. The molecule has 4 heterocycles. The molecular formula is C14H17N5O. The van der Waals surface area contributed by atoms with Crippen LogP contribution in [0.1, 0.15) is 29.6 Å². The third-order valence-corrected chi connectivity index (χ3v) is 4.48. The quantitative estimate of drug-likeness (QED) is 0.669. The number of rotatable bonds is 3. The summed E-state index contributed by atoms with van der Waals surface area (Å²) in [6.07, 6.45) is 6.91. The Bertz CT molecular complexity index is 679. The lowest BCUT2D eigenvalue weighted by atomic mass is 9.95. The van der Waals surface area contributed by atoms with Crippen LogP contribution in [0.3, 0.4) is 0 Å². The molecule has 0 aliphatic carbocycles. The molecule has 2 bridgehead atoms. The van der Waals surface area contributed by atoms with Crippen LogP contribution in [0.5, 0.6) is 0 Å². The SMILES string of the molecule is NC(=O)c1cnc2[nH]ccc2c1NC1C[C@@H]2CC[C@H]1N2. The largest absolute Gasteiger partial charge is 0.379 e. The molecule has 2 aliphatic rings. The lowest BCUT2D eigenvalue weighted by Crippen LogP contribution is -2.34. The number of nitrogens with zero attached hydrogens (tertiary/aromatic N) is 1. The number of carbonyl (C=O) groups excluding carboxylic acids is 1. The van der Waals surface area contributed by atoms with Gasteiger partial charge in [0, 0.05) is 35.9 Å². The first-order valence-corrected chi connectivity index (χ1v) is 7.01. The Balaban J connectivity index is 1.75. The molecule has 1 amide bonds. The van der Waals surface area contributed by atoms with Crippen LogP contribution in [0.4, 0.5) is 5.69 Å². The summed E-state index contributed by atoms with van der Waals surface area (Å²) < 4.78 is 0. The zero-order valence-corrected chi connectivity index (χ0v) is 11.0. The minimum atomic E-state index is -0.445. The number of hydrogen-bond acceptors (Lipinski definition) is 4. The zero-order chi connectivity index (χ0) is 13.7. The van der Waals surface area contributed by atoms with Crippen LogP contribution in [0.15, 0.2) is 18.5 Å². The highest BCUT2D eigenvalue weighted by Crippen LogP contribution is 2.33. The van der Waals surface area contributed by atoms with Crippen molar-refractivity contribution in [2.24, 2.45) is 5.73 Å². The first-order valence-electron chi connectivity index (χ1n) is 7.01. The summed E-state index contributed by atoms with van der Waals surface area (Å²) in [6, 6.07) is 3.38. The number of hydrogen-bond donors (Lipinski definition) is 4. The number of fused-ring (bicyclic) bond motifs is 3. The van der Waals surface area contributed by atoms with Gasteiger partial charge < -0.3 is 21.4 Å². The topological polar surface area (TPSA) is 95.8 Å². The van der Waals surface area contributed by atoms with Gasteiger partial charge in [-0.3, -0.25) is 4.79 Å². The van der Waals surface area contributed by atoms with Crippen LogP contribution in [0.25, 0.3) is 11.0 Å². The van der Waals surface area contributed by atoms with Gasteiger partial charge in [0.2, 0.25) is 0 Å². The van der Waals surface area contributed by atoms with Crippen molar-refractivity contribution in [3.05, 3.63) is 24.0 Å². The van der Waals surface area contributed by atoms with Gasteiger partial charge in [-0.25, -0.2) is 4.98 Å². The second-order valence-electron chi connectivity index (χ2n) is 5.69. The van der Waals surface area contributed by atoms with Crippen molar-refractivity contribution >= 4 is 22.6 Å². The molecule has 0 radical (unpaired) electrons. The van der Waals surface area contributed by atoms with Crippen molar-refractivity contribution in [3.8, 4) is 0 Å². The van der Waals surface area contributed by atoms with Gasteiger partial charge in [-0.15, -0.1) is 0 Å². The molecule has 2 aromatic rings. The summed E-state index contributed by atoms with van der Waals surface area (Å²) in [7, 11) is 0. The summed E-state index contributed by atoms with van der Waals surface area (Å²) >= 11 is 0. The first kappa shape index (κ1) is 11.7. The summed E-state index contributed by atoms with van der Waals surface area (Å²) in [6.45, 7) is 0. The number of aromatic nitrogens is 2. The van der Waals surface area contributed by atoms with E-state index >= 15 is 0 Å². The fourth-order valence-electron chi connectivity index (χ4n) is 3.52. The van der Waals surface area contributed by atoms with E-state index in [-0.39, 0.29) is 0 Å². The lowest BCUT2D eigenvalue weighted by Gasteiger charge is -2.24. The van der Waals surface area contributed by atoms with Gasteiger partial charge in [0.25, 0.3) is 5.91 Å². The molecule has 2 saturated heterocycles. The van der Waals surface area contributed by atoms with Crippen LogP contribution in [0.2, 0.25) is 0 Å². The fourth-order valence-corrected chi connectivity index (χ4v) is 3.52. The predicted molar refractivity (Wildman–Crippen MR) is 76.6 cm³/mol. The highest BCUT2D eigenvalue weighted by Gasteiger charge is 2.39. The maximum atomic E-state index is 11.6. The van der Waals surface area contributed by atoms with E-state index in [1.807, 2.05) is 12.3 Å². The Kier molecular flexibility index (Phi) is 2.47. The number of aromatic amines is 1. The van der Waals surface area contributed by atoms with Crippen LogP contribution in [0, 0.1) is 0 Å². The number of H-pyrrole nitrogens is 1. The van der Waals surface area contributed by atoms with Crippen molar-refractivity contribution in [2.75, 3.05) is 5.32 Å². The summed E-state index contributed by atoms with van der Waals surface area (Å²) in [5.74, 6) is -0.445. The van der Waals surface area contributed by atoms with Crippen LogP contribution < -0.4 is 16.4 Å². The van der Waals surface area contributed by atoms with E-state index in [4.69, 9.17) is 5.73 Å². The molecule has 6 nitrogen and oxygen atoms in total. The van der Waals surface area contributed by atoms with Gasteiger partial charge in [-0.2, -0.15) is 0 Å². The van der Waals surface area contributed by atoms with E-state index in [9.17, 15) is 4.79 Å². The molecule has 2 fully saturated rings. The molecule has 1 unspecified atom stereocenters. The maximum absolute atomic E-state index is 11.6. The van der Waals surface area contributed by atoms with Gasteiger partial charge in [-0.05, 0) is 25.3 Å². The van der Waals surface area contributed by atoms with Crippen molar-refractivity contribution < 1.29 is 4.79 Å². The van der Waals surface area contributed by atoms with Crippen molar-refractivity contribution in [1.82, 2.24) is 15.3 Å². The summed E-state index contributed by atoms with van der Waals surface area (Å²) in [5.41, 5.74) is 7.52. The molecule has 104 valence electrons. The van der Waals surface area contributed by atoms with E-state index in [0.717, 1.165) is 23.1 Å². The highest BCUT2D eigenvalue weighted by atomic mass is 16.1. The number of nitrogens with one attached hydrogen (secondary N) is 3. The van der Waals surface area contributed by atoms with E-state index in [1.54, 1.807) is 6.20 Å². The van der Waals surface area contributed by atoms with Crippen LogP contribution in [-0.4, -0.2) is 34.0 Å². The lowest BCUT2D eigenvalue weighted by molar-refractivity contribution is 0.100. The number of amides is 1. The molecule has 4 rings (SSSR count). The molecule has 20 heavy (non-hydrogen) atoms. The molecule has 0 spiro atoms. The number of nitrogens with two attached hydrogens (primary N) is 1. The predicted octanol–water partition coefficient (Wildman–Crippen LogP) is 0.967. The summed E-state index contributed by atoms with van der Waals surface area (Å²) in [5, 5.41) is 8.04. The monoisotopic (exact) mass is 271 g/mol. The Hall–Kier alpha value is -2.08. The van der Waals surface area contributed by atoms with Crippen LogP contribution in [-0.2, 0) is 0 Å². The second kappa shape index (κ2) is 4.21. The molecule has 2 aliphatic heterocycles. The Morgan fingerprint density at radius 3 is 3.05 bits per heavy atom. The van der Waals surface area contributed by atoms with Gasteiger partial charge in [0.05, 0.1) is 11.3 Å². The van der Waals surface area contributed by atoms with Gasteiger partial charge in [0.15, 0.2) is 0 Å². The van der Waals surface area contributed by atoms with E-state index < -0.39 is 5.91 Å². The van der Waals surface area contributed by atoms with Gasteiger partial charge in [0.1, 0.15) is 5.65 Å². The molecule has 5 N–H and O–H groups in total. The molecule has 3 atom stereocenters. The average molecular weight is 271 g/mol. The molecule has 2 aromatic heterocycles. The summed E-state index contributed by atoms with van der Waals surface area (Å²) in [4.78, 5) is 18.9. The Morgan fingerprint density at radius 1 is 1.45 bits per heavy atom. The van der Waals surface area contributed by atoms with Crippen molar-refractivity contribution in [3.63, 3.8) is 0 Å². The molecular weight excluding hydrogens is 254 g/mol. The highest BCUT2D eigenvalue weighted by molar-refractivity contribution is 6.06. The first-order chi connectivity index (χ1) is 9.72. The normalized spacial score (nSPS) is 28.1. The standard InChI is InChI=1S/C14H17N5O/c15-13(20)9-6-17-14-8(3-4-16-14)12(9)19-11-5-7-1-2-10(11)18-7/h3-4,6-7,10-11,18H,1-2,5H2,(H2,15,20)(H2,16,17,19)/t7-,10+,11?/m0/s1. The Morgan fingerprint density at radius 2 is 2.35 bits per heavy atom. The van der Waals surface area contributed by atoms with Gasteiger partial charge >= 0.3 is 0 Å². The molecule has 6 heteroatoms. The van der Waals surface area contributed by atoms with Crippen LogP contribution >= 0.6 is 0 Å². The van der Waals surface area contributed by atoms with E-state index in [1.165, 1.54) is 12.8 Å². The zero-order valence-electron chi connectivity index (χ0n) is 11.0. The minimum Gasteiger partial charge on any atom is -0.379 e. The number of pyridine rings is 1.